The van der Waals surface area contributed by atoms with Crippen LogP contribution in [0.3, 0.4) is 0 Å². The second-order valence-electron chi connectivity index (χ2n) is 4.21. The van der Waals surface area contributed by atoms with E-state index in [1.807, 2.05) is 30.3 Å². The van der Waals surface area contributed by atoms with Crippen LogP contribution >= 0.6 is 0 Å². The minimum Gasteiger partial charge on any atom is -0.489 e. The van der Waals surface area contributed by atoms with Crippen molar-refractivity contribution in [1.82, 2.24) is 5.01 Å². The van der Waals surface area contributed by atoms with E-state index >= 15 is 0 Å². The van der Waals surface area contributed by atoms with E-state index < -0.39 is 0 Å². The van der Waals surface area contributed by atoms with Crippen molar-refractivity contribution in [3.63, 3.8) is 0 Å². The van der Waals surface area contributed by atoms with Crippen molar-refractivity contribution in [2.45, 2.75) is 6.61 Å². The van der Waals surface area contributed by atoms with Gasteiger partial charge in [0.15, 0.2) is 0 Å². The van der Waals surface area contributed by atoms with Gasteiger partial charge in [-0.05, 0) is 29.8 Å². The molecule has 4 nitrogen and oxygen atoms in total. The van der Waals surface area contributed by atoms with Crippen LogP contribution in [0.4, 0.5) is 0 Å². The minimum absolute atomic E-state index is 0.227. The molecule has 0 saturated heterocycles. The normalized spacial score (nSPS) is 10.0. The molecule has 2 aromatic carbocycles. The zero-order valence-corrected chi connectivity index (χ0v) is 10.7. The van der Waals surface area contributed by atoms with Crippen molar-refractivity contribution in [3.05, 3.63) is 65.7 Å². The monoisotopic (exact) mass is 256 g/mol. The molecule has 0 radical (unpaired) electrons. The third-order valence-corrected chi connectivity index (χ3v) is 2.67. The summed E-state index contributed by atoms with van der Waals surface area (Å²) in [5.74, 6) is 5.89. The van der Waals surface area contributed by atoms with Crippen molar-refractivity contribution >= 4 is 5.91 Å². The SMILES string of the molecule is CN(N)C(=O)c1ccc(OCc2ccccc2)cc1. The lowest BCUT2D eigenvalue weighted by Gasteiger charge is -2.10. The molecule has 0 spiro atoms. The molecule has 0 fully saturated rings. The quantitative estimate of drug-likeness (QED) is 0.518. The van der Waals surface area contributed by atoms with Gasteiger partial charge in [0, 0.05) is 12.6 Å². The van der Waals surface area contributed by atoms with Gasteiger partial charge in [0.2, 0.25) is 0 Å². The Morgan fingerprint density at radius 1 is 1.11 bits per heavy atom. The first-order valence-electron chi connectivity index (χ1n) is 5.96. The molecule has 0 unspecified atom stereocenters. The summed E-state index contributed by atoms with van der Waals surface area (Å²) >= 11 is 0. The number of benzene rings is 2. The summed E-state index contributed by atoms with van der Waals surface area (Å²) in [6, 6.07) is 16.8. The Labute approximate surface area is 112 Å². The Kier molecular flexibility index (Phi) is 4.15. The number of carbonyl (C=O) groups is 1. The lowest BCUT2D eigenvalue weighted by Crippen LogP contribution is -2.32. The van der Waals surface area contributed by atoms with Crippen LogP contribution in [0, 0.1) is 0 Å². The molecule has 0 aliphatic rings. The van der Waals surface area contributed by atoms with Gasteiger partial charge in [-0.2, -0.15) is 0 Å². The van der Waals surface area contributed by atoms with Crippen LogP contribution in [0.25, 0.3) is 0 Å². The molecule has 2 aromatic rings. The fraction of sp³-hybridized carbons (Fsp3) is 0.133. The Bertz CT molecular complexity index is 536. The predicted molar refractivity (Wildman–Crippen MR) is 73.5 cm³/mol. The lowest BCUT2D eigenvalue weighted by atomic mass is 10.2. The van der Waals surface area contributed by atoms with Gasteiger partial charge in [-0.1, -0.05) is 30.3 Å². The minimum atomic E-state index is -0.227. The zero-order chi connectivity index (χ0) is 13.7. The summed E-state index contributed by atoms with van der Waals surface area (Å²) in [4.78, 5) is 11.6. The van der Waals surface area contributed by atoms with Crippen LogP contribution in [0.1, 0.15) is 15.9 Å². The highest BCUT2D eigenvalue weighted by molar-refractivity contribution is 5.93. The topological polar surface area (TPSA) is 55.6 Å². The van der Waals surface area contributed by atoms with Crippen LogP contribution in [0.15, 0.2) is 54.6 Å². The Balaban J connectivity index is 1.98. The molecule has 0 aliphatic carbocycles. The van der Waals surface area contributed by atoms with Crippen LogP contribution in [0.5, 0.6) is 5.75 Å². The highest BCUT2D eigenvalue weighted by atomic mass is 16.5. The zero-order valence-electron chi connectivity index (χ0n) is 10.7. The largest absolute Gasteiger partial charge is 0.489 e. The number of hydrogen-bond donors (Lipinski definition) is 1. The number of nitrogens with zero attached hydrogens (tertiary/aromatic N) is 1. The summed E-state index contributed by atoms with van der Waals surface area (Å²) in [7, 11) is 1.52. The maximum atomic E-state index is 11.6. The molecule has 0 saturated carbocycles. The van der Waals surface area contributed by atoms with Gasteiger partial charge in [0.1, 0.15) is 12.4 Å². The lowest BCUT2D eigenvalue weighted by molar-refractivity contribution is 0.0795. The molecule has 0 heterocycles. The maximum absolute atomic E-state index is 11.6. The van der Waals surface area contributed by atoms with E-state index in [0.717, 1.165) is 16.3 Å². The van der Waals surface area contributed by atoms with Crippen molar-refractivity contribution in [3.8, 4) is 5.75 Å². The first kappa shape index (κ1) is 13.1. The van der Waals surface area contributed by atoms with Gasteiger partial charge in [0.05, 0.1) is 0 Å². The summed E-state index contributed by atoms with van der Waals surface area (Å²) < 4.78 is 5.63. The van der Waals surface area contributed by atoms with E-state index in [1.54, 1.807) is 24.3 Å². The molecule has 19 heavy (non-hydrogen) atoms. The number of carbonyl (C=O) groups excluding carboxylic acids is 1. The standard InChI is InChI=1S/C15H16N2O2/c1-17(16)15(18)13-7-9-14(10-8-13)19-11-12-5-3-2-4-6-12/h2-10H,11,16H2,1H3. The van der Waals surface area contributed by atoms with Crippen LogP contribution < -0.4 is 10.6 Å². The second-order valence-corrected chi connectivity index (χ2v) is 4.21. The summed E-state index contributed by atoms with van der Waals surface area (Å²) in [6.45, 7) is 0.505. The Morgan fingerprint density at radius 3 is 2.32 bits per heavy atom. The number of amides is 1. The second kappa shape index (κ2) is 6.02. The third-order valence-electron chi connectivity index (χ3n) is 2.67. The maximum Gasteiger partial charge on any atom is 0.267 e. The molecule has 2 rings (SSSR count). The number of rotatable bonds is 4. The van der Waals surface area contributed by atoms with Crippen molar-refractivity contribution in [2.24, 2.45) is 5.84 Å². The molecular weight excluding hydrogens is 240 g/mol. The van der Waals surface area contributed by atoms with E-state index in [1.165, 1.54) is 7.05 Å². The van der Waals surface area contributed by atoms with Gasteiger partial charge in [-0.25, -0.2) is 5.84 Å². The Hall–Kier alpha value is -2.33. The summed E-state index contributed by atoms with van der Waals surface area (Å²) in [6.07, 6.45) is 0. The van der Waals surface area contributed by atoms with Crippen molar-refractivity contribution < 1.29 is 9.53 Å². The van der Waals surface area contributed by atoms with Crippen molar-refractivity contribution in [1.29, 1.82) is 0 Å². The van der Waals surface area contributed by atoms with E-state index in [4.69, 9.17) is 10.6 Å². The number of ether oxygens (including phenoxy) is 1. The third kappa shape index (κ3) is 3.56. The number of nitrogens with two attached hydrogens (primary N) is 1. The van der Waals surface area contributed by atoms with E-state index in [2.05, 4.69) is 0 Å². The summed E-state index contributed by atoms with van der Waals surface area (Å²) in [5.41, 5.74) is 1.64. The van der Waals surface area contributed by atoms with Crippen molar-refractivity contribution in [2.75, 3.05) is 7.05 Å². The molecule has 1 amide bonds. The van der Waals surface area contributed by atoms with Crippen LogP contribution in [0.2, 0.25) is 0 Å². The Morgan fingerprint density at radius 2 is 1.74 bits per heavy atom. The van der Waals surface area contributed by atoms with Gasteiger partial charge in [-0.3, -0.25) is 9.80 Å². The molecule has 0 atom stereocenters. The first-order valence-corrected chi connectivity index (χ1v) is 5.96. The molecule has 4 heteroatoms. The predicted octanol–water partition coefficient (Wildman–Crippen LogP) is 2.21. The number of hydrazine groups is 1. The molecule has 0 bridgehead atoms. The van der Waals surface area contributed by atoms with Crippen LogP contribution in [-0.4, -0.2) is 18.0 Å². The smallest absolute Gasteiger partial charge is 0.267 e. The van der Waals surface area contributed by atoms with E-state index in [-0.39, 0.29) is 5.91 Å². The molecule has 0 aromatic heterocycles. The van der Waals surface area contributed by atoms with E-state index in [9.17, 15) is 4.79 Å². The fourth-order valence-corrected chi connectivity index (χ4v) is 1.64. The fourth-order valence-electron chi connectivity index (χ4n) is 1.64. The molecule has 2 N–H and O–H groups in total. The number of hydrogen-bond acceptors (Lipinski definition) is 3. The molecule has 98 valence electrons. The van der Waals surface area contributed by atoms with Crippen LogP contribution in [-0.2, 0) is 6.61 Å². The van der Waals surface area contributed by atoms with Gasteiger partial charge in [-0.15, -0.1) is 0 Å². The van der Waals surface area contributed by atoms with E-state index in [0.29, 0.717) is 12.2 Å². The molecular formula is C15H16N2O2. The van der Waals surface area contributed by atoms with Gasteiger partial charge < -0.3 is 4.74 Å². The molecule has 0 aliphatic heterocycles. The first-order chi connectivity index (χ1) is 9.16. The average Bonchev–Trinajstić information content (AvgIpc) is 2.46. The van der Waals surface area contributed by atoms with Gasteiger partial charge in [0.25, 0.3) is 5.91 Å². The highest BCUT2D eigenvalue weighted by Gasteiger charge is 2.07. The highest BCUT2D eigenvalue weighted by Crippen LogP contribution is 2.14. The average molecular weight is 256 g/mol. The summed E-state index contributed by atoms with van der Waals surface area (Å²) in [5, 5.41) is 1.06. The van der Waals surface area contributed by atoms with Gasteiger partial charge >= 0.3 is 0 Å².